The van der Waals surface area contributed by atoms with Gasteiger partial charge in [0.15, 0.2) is 0 Å². The fraction of sp³-hybridized carbons (Fsp3) is 0.286. The summed E-state index contributed by atoms with van der Waals surface area (Å²) in [6.07, 6.45) is 2.15. The number of amides is 1. The van der Waals surface area contributed by atoms with Crippen LogP contribution in [0.5, 0.6) is 5.75 Å². The van der Waals surface area contributed by atoms with Crippen LogP contribution in [0, 0.1) is 12.7 Å². The number of imidazole rings is 1. The molecule has 0 saturated carbocycles. The fourth-order valence-electron chi connectivity index (χ4n) is 4.68. The number of halogens is 2. The van der Waals surface area contributed by atoms with Gasteiger partial charge in [0.05, 0.1) is 17.6 Å². The lowest BCUT2D eigenvalue weighted by molar-refractivity contribution is -0.117. The second kappa shape index (κ2) is 10.1. The predicted molar refractivity (Wildman–Crippen MR) is 137 cm³/mol. The van der Waals surface area contributed by atoms with E-state index >= 15 is 0 Å². The summed E-state index contributed by atoms with van der Waals surface area (Å²) in [6, 6.07) is 19.9. The van der Waals surface area contributed by atoms with E-state index in [1.165, 1.54) is 12.1 Å². The van der Waals surface area contributed by atoms with Crippen LogP contribution in [-0.2, 0) is 11.3 Å². The Morgan fingerprint density at radius 1 is 1.09 bits per heavy atom. The van der Waals surface area contributed by atoms with E-state index in [1.54, 1.807) is 17.0 Å². The number of unbranched alkanes of at least 4 members (excludes halogenated alkanes) is 1. The first-order valence-electron chi connectivity index (χ1n) is 11.9. The Bertz CT molecular complexity index is 1370. The molecule has 5 nitrogen and oxygen atoms in total. The number of carbonyl (C=O) groups is 1. The van der Waals surface area contributed by atoms with Crippen LogP contribution in [0.3, 0.4) is 0 Å². The number of hydrogen-bond acceptors (Lipinski definition) is 3. The molecule has 0 bridgehead atoms. The number of rotatable bonds is 8. The minimum absolute atomic E-state index is 0.00846. The highest BCUT2D eigenvalue weighted by Crippen LogP contribution is 2.33. The molecule has 1 atom stereocenters. The molecule has 1 aromatic heterocycles. The van der Waals surface area contributed by atoms with Crippen molar-refractivity contribution >= 4 is 34.2 Å². The van der Waals surface area contributed by atoms with Crippen LogP contribution >= 0.6 is 11.6 Å². The summed E-state index contributed by atoms with van der Waals surface area (Å²) in [7, 11) is 0. The average molecular weight is 492 g/mol. The van der Waals surface area contributed by atoms with Crippen molar-refractivity contribution < 1.29 is 13.9 Å². The van der Waals surface area contributed by atoms with Crippen molar-refractivity contribution in [3.8, 4) is 5.75 Å². The third-order valence-corrected chi connectivity index (χ3v) is 6.89. The zero-order valence-electron chi connectivity index (χ0n) is 19.6. The van der Waals surface area contributed by atoms with E-state index in [0.717, 1.165) is 52.6 Å². The molecular formula is C28H27ClFN3O2. The van der Waals surface area contributed by atoms with Crippen molar-refractivity contribution in [1.82, 2.24) is 9.55 Å². The molecule has 0 aliphatic carbocycles. The Morgan fingerprint density at radius 2 is 1.94 bits per heavy atom. The Labute approximate surface area is 209 Å². The van der Waals surface area contributed by atoms with Crippen molar-refractivity contribution in [3.05, 3.63) is 89.0 Å². The first-order valence-corrected chi connectivity index (χ1v) is 12.3. The Hall–Kier alpha value is -3.38. The van der Waals surface area contributed by atoms with Gasteiger partial charge < -0.3 is 14.2 Å². The summed E-state index contributed by atoms with van der Waals surface area (Å²) in [4.78, 5) is 19.4. The van der Waals surface area contributed by atoms with Gasteiger partial charge in [-0.2, -0.15) is 0 Å². The molecule has 5 rings (SSSR count). The second-order valence-electron chi connectivity index (χ2n) is 8.96. The number of aryl methyl sites for hydroxylation is 2. The molecular weight excluding hydrogens is 465 g/mol. The van der Waals surface area contributed by atoms with Crippen molar-refractivity contribution in [2.24, 2.45) is 0 Å². The number of hydrogen-bond donors (Lipinski definition) is 0. The van der Waals surface area contributed by atoms with Crippen LogP contribution in [0.2, 0.25) is 5.02 Å². The van der Waals surface area contributed by atoms with Crippen LogP contribution in [0.4, 0.5) is 10.1 Å². The summed E-state index contributed by atoms with van der Waals surface area (Å²) < 4.78 is 21.9. The van der Waals surface area contributed by atoms with E-state index in [-0.39, 0.29) is 17.6 Å². The van der Waals surface area contributed by atoms with E-state index in [9.17, 15) is 9.18 Å². The quantitative estimate of drug-likeness (QED) is 0.264. The molecule has 1 aliphatic rings. The number of carbonyl (C=O) groups excluding carboxylic acids is 1. The van der Waals surface area contributed by atoms with Gasteiger partial charge in [-0.05, 0) is 73.9 Å². The lowest BCUT2D eigenvalue weighted by atomic mass is 10.1. The zero-order valence-corrected chi connectivity index (χ0v) is 20.3. The van der Waals surface area contributed by atoms with Crippen molar-refractivity contribution in [3.63, 3.8) is 0 Å². The molecule has 1 aliphatic heterocycles. The van der Waals surface area contributed by atoms with Crippen LogP contribution in [0.25, 0.3) is 11.0 Å². The third kappa shape index (κ3) is 5.03. The second-order valence-corrected chi connectivity index (χ2v) is 9.37. The fourth-order valence-corrected chi connectivity index (χ4v) is 4.80. The molecule has 1 amide bonds. The van der Waals surface area contributed by atoms with Gasteiger partial charge in [-0.3, -0.25) is 4.79 Å². The van der Waals surface area contributed by atoms with E-state index < -0.39 is 0 Å². The molecule has 7 heteroatoms. The Balaban J connectivity index is 1.28. The first kappa shape index (κ1) is 23.4. The van der Waals surface area contributed by atoms with Gasteiger partial charge in [-0.1, -0.05) is 29.8 Å². The lowest BCUT2D eigenvalue weighted by Gasteiger charge is -2.17. The first-order chi connectivity index (χ1) is 17.0. The SMILES string of the molecule is Cc1cc(OCCCCn2c(C3CC(=O)N(c4cccc(F)c4)C3)nc3ccccc32)ccc1Cl. The van der Waals surface area contributed by atoms with E-state index in [0.29, 0.717) is 25.3 Å². The van der Waals surface area contributed by atoms with Crippen LogP contribution in [0.1, 0.15) is 36.6 Å². The maximum absolute atomic E-state index is 13.7. The van der Waals surface area contributed by atoms with Crippen LogP contribution in [-0.4, -0.2) is 28.6 Å². The molecule has 180 valence electrons. The average Bonchev–Trinajstić information content (AvgIpc) is 3.41. The van der Waals surface area contributed by atoms with Crippen LogP contribution in [0.15, 0.2) is 66.7 Å². The number of anilines is 1. The Kier molecular flexibility index (Phi) is 6.73. The zero-order chi connectivity index (χ0) is 24.4. The van der Waals surface area contributed by atoms with Crippen molar-refractivity contribution in [2.75, 3.05) is 18.1 Å². The molecule has 0 N–H and O–H groups in total. The van der Waals surface area contributed by atoms with Gasteiger partial charge in [0, 0.05) is 36.1 Å². The molecule has 2 heterocycles. The topological polar surface area (TPSA) is 47.4 Å². The summed E-state index contributed by atoms with van der Waals surface area (Å²) in [5, 5.41) is 0.734. The van der Waals surface area contributed by atoms with Gasteiger partial charge in [0.1, 0.15) is 17.4 Å². The number of fused-ring (bicyclic) bond motifs is 1. The normalized spacial score (nSPS) is 15.8. The van der Waals surface area contributed by atoms with Gasteiger partial charge in [0.2, 0.25) is 5.91 Å². The maximum Gasteiger partial charge on any atom is 0.227 e. The highest BCUT2D eigenvalue weighted by atomic mass is 35.5. The van der Waals surface area contributed by atoms with E-state index in [2.05, 4.69) is 10.6 Å². The number of aromatic nitrogens is 2. The molecule has 1 fully saturated rings. The van der Waals surface area contributed by atoms with E-state index in [1.807, 2.05) is 43.3 Å². The number of nitrogens with zero attached hydrogens (tertiary/aromatic N) is 3. The molecule has 1 unspecified atom stereocenters. The monoisotopic (exact) mass is 491 g/mol. The molecule has 1 saturated heterocycles. The van der Waals surface area contributed by atoms with Crippen LogP contribution < -0.4 is 9.64 Å². The number of benzene rings is 3. The summed E-state index contributed by atoms with van der Waals surface area (Å²) in [5.41, 5.74) is 3.58. The molecule has 4 aromatic rings. The third-order valence-electron chi connectivity index (χ3n) is 6.47. The maximum atomic E-state index is 13.7. The number of para-hydroxylation sites is 2. The van der Waals surface area contributed by atoms with Crippen molar-refractivity contribution in [1.29, 1.82) is 0 Å². The molecule has 0 radical (unpaired) electrons. The number of ether oxygens (including phenoxy) is 1. The summed E-state index contributed by atoms with van der Waals surface area (Å²) >= 11 is 6.09. The molecule has 0 spiro atoms. The summed E-state index contributed by atoms with van der Waals surface area (Å²) in [5.74, 6) is 1.33. The standard InChI is InChI=1S/C28H27ClFN3O2/c1-19-15-23(11-12-24(19)29)35-14-5-4-13-32-26-10-3-2-9-25(26)31-28(32)20-16-27(34)33(18-20)22-8-6-7-21(30)17-22/h2-3,6-12,15,17,20H,4-5,13-14,16,18H2,1H3. The van der Waals surface area contributed by atoms with Gasteiger partial charge in [0.25, 0.3) is 0 Å². The highest BCUT2D eigenvalue weighted by molar-refractivity contribution is 6.31. The molecule has 3 aromatic carbocycles. The van der Waals surface area contributed by atoms with Crippen molar-refractivity contribution in [2.45, 2.75) is 38.6 Å². The smallest absolute Gasteiger partial charge is 0.227 e. The highest BCUT2D eigenvalue weighted by Gasteiger charge is 2.34. The van der Waals surface area contributed by atoms with Gasteiger partial charge in [-0.15, -0.1) is 0 Å². The van der Waals surface area contributed by atoms with Gasteiger partial charge in [-0.25, -0.2) is 9.37 Å². The summed E-state index contributed by atoms with van der Waals surface area (Å²) in [6.45, 7) is 3.84. The Morgan fingerprint density at radius 3 is 2.77 bits per heavy atom. The predicted octanol–water partition coefficient (Wildman–Crippen LogP) is 6.52. The molecule has 35 heavy (non-hydrogen) atoms. The van der Waals surface area contributed by atoms with Gasteiger partial charge >= 0.3 is 0 Å². The largest absolute Gasteiger partial charge is 0.494 e. The lowest BCUT2D eigenvalue weighted by Crippen LogP contribution is -2.24. The minimum atomic E-state index is -0.345. The minimum Gasteiger partial charge on any atom is -0.494 e. The van der Waals surface area contributed by atoms with E-state index in [4.69, 9.17) is 21.3 Å².